The molecule has 0 N–H and O–H groups in total. The Labute approximate surface area is 109 Å². The quantitative estimate of drug-likeness (QED) is 0.470. The molecular weight excluding hydrogens is 262 g/mol. The third-order valence-corrected chi connectivity index (χ3v) is 4.18. The highest BCUT2D eigenvalue weighted by Crippen LogP contribution is 2.22. The van der Waals surface area contributed by atoms with Gasteiger partial charge in [-0.05, 0) is 18.4 Å². The van der Waals surface area contributed by atoms with Crippen LogP contribution in [-0.4, -0.2) is 40.8 Å². The van der Waals surface area contributed by atoms with Crippen LogP contribution in [0, 0.1) is 0 Å². The molecule has 0 aliphatic carbocycles. The van der Waals surface area contributed by atoms with Gasteiger partial charge >= 0.3 is 0 Å². The largest absolute Gasteiger partial charge is 0.356 e. The molecule has 88 valence electrons. The molecule has 0 amide bonds. The summed E-state index contributed by atoms with van der Waals surface area (Å²) >= 11 is 9.53. The second-order valence-corrected chi connectivity index (χ2v) is 5.87. The minimum atomic E-state index is 0.534. The molecule has 2 rings (SSSR count). The van der Waals surface area contributed by atoms with E-state index in [0.717, 1.165) is 29.8 Å². The van der Waals surface area contributed by atoms with Crippen molar-refractivity contribution in [2.45, 2.75) is 11.6 Å². The van der Waals surface area contributed by atoms with Crippen LogP contribution in [0.2, 0.25) is 5.15 Å². The summed E-state index contributed by atoms with van der Waals surface area (Å²) in [7, 11) is 0. The summed E-state index contributed by atoms with van der Waals surface area (Å²) in [6, 6.07) is 1.86. The zero-order valence-electron chi connectivity index (χ0n) is 9.15. The Balaban J connectivity index is 2.20. The van der Waals surface area contributed by atoms with Gasteiger partial charge in [0, 0.05) is 24.9 Å². The number of anilines is 1. The first-order chi connectivity index (χ1) is 7.79. The smallest absolute Gasteiger partial charge is 0.190 e. The molecule has 6 heteroatoms. The maximum absolute atomic E-state index is 5.99. The molecule has 1 aliphatic rings. The fourth-order valence-electron chi connectivity index (χ4n) is 1.61. The van der Waals surface area contributed by atoms with Crippen LogP contribution >= 0.6 is 35.1 Å². The minimum absolute atomic E-state index is 0.534. The number of hydrogen-bond acceptors (Lipinski definition) is 5. The third kappa shape index (κ3) is 3.18. The van der Waals surface area contributed by atoms with Gasteiger partial charge in [-0.1, -0.05) is 23.4 Å². The van der Waals surface area contributed by atoms with Crippen molar-refractivity contribution in [1.29, 1.82) is 0 Å². The van der Waals surface area contributed by atoms with E-state index in [2.05, 4.69) is 14.9 Å². The molecule has 3 nitrogen and oxygen atoms in total. The van der Waals surface area contributed by atoms with E-state index < -0.39 is 0 Å². The van der Waals surface area contributed by atoms with E-state index in [-0.39, 0.29) is 0 Å². The summed E-state index contributed by atoms with van der Waals surface area (Å²) in [6.07, 6.45) is 3.18. The average molecular weight is 276 g/mol. The molecule has 16 heavy (non-hydrogen) atoms. The zero-order valence-corrected chi connectivity index (χ0v) is 11.5. The molecule has 0 atom stereocenters. The molecule has 1 aliphatic heterocycles. The summed E-state index contributed by atoms with van der Waals surface area (Å²) < 4.78 is 0. The van der Waals surface area contributed by atoms with Crippen molar-refractivity contribution in [2.24, 2.45) is 0 Å². The SMILES string of the molecule is CSc1nc(Cl)cc(N2CCCSCC2)n1. The number of nitrogens with zero attached hydrogens (tertiary/aromatic N) is 3. The summed E-state index contributed by atoms with van der Waals surface area (Å²) in [4.78, 5) is 11.0. The van der Waals surface area contributed by atoms with Gasteiger partial charge in [-0.2, -0.15) is 11.8 Å². The molecule has 0 unspecified atom stereocenters. The van der Waals surface area contributed by atoms with Gasteiger partial charge in [-0.3, -0.25) is 0 Å². The number of hydrogen-bond donors (Lipinski definition) is 0. The second-order valence-electron chi connectivity index (χ2n) is 3.49. The molecule has 2 heterocycles. The Bertz CT molecular complexity index is 354. The topological polar surface area (TPSA) is 29.0 Å². The maximum Gasteiger partial charge on any atom is 0.190 e. The van der Waals surface area contributed by atoms with Crippen molar-refractivity contribution in [1.82, 2.24) is 9.97 Å². The van der Waals surface area contributed by atoms with Crippen LogP contribution in [0.4, 0.5) is 5.82 Å². The lowest BCUT2D eigenvalue weighted by molar-refractivity contribution is 0.784. The van der Waals surface area contributed by atoms with Crippen molar-refractivity contribution in [3.05, 3.63) is 11.2 Å². The third-order valence-electron chi connectivity index (χ3n) is 2.39. The van der Waals surface area contributed by atoms with E-state index in [1.54, 1.807) is 0 Å². The normalized spacial score (nSPS) is 17.2. The summed E-state index contributed by atoms with van der Waals surface area (Å²) in [5.41, 5.74) is 0. The predicted molar refractivity (Wildman–Crippen MR) is 73.0 cm³/mol. The Morgan fingerprint density at radius 2 is 2.25 bits per heavy atom. The lowest BCUT2D eigenvalue weighted by Gasteiger charge is -2.21. The lowest BCUT2D eigenvalue weighted by atomic mass is 10.4. The number of thioether (sulfide) groups is 2. The molecule has 1 fully saturated rings. The molecule has 0 saturated carbocycles. The summed E-state index contributed by atoms with van der Waals surface area (Å²) in [5, 5.41) is 1.28. The van der Waals surface area contributed by atoms with Gasteiger partial charge in [0.15, 0.2) is 5.16 Å². The first-order valence-corrected chi connectivity index (χ1v) is 7.96. The van der Waals surface area contributed by atoms with E-state index in [9.17, 15) is 0 Å². The fraction of sp³-hybridized carbons (Fsp3) is 0.600. The Hall–Kier alpha value is -0.130. The average Bonchev–Trinajstić information content (AvgIpc) is 2.56. The van der Waals surface area contributed by atoms with Crippen LogP contribution in [0.1, 0.15) is 6.42 Å². The molecular formula is C10H14ClN3S2. The van der Waals surface area contributed by atoms with Gasteiger partial charge in [0.05, 0.1) is 0 Å². The van der Waals surface area contributed by atoms with Crippen molar-refractivity contribution >= 4 is 40.9 Å². The highest BCUT2D eigenvalue weighted by Gasteiger charge is 2.13. The second kappa shape index (κ2) is 5.98. The molecule has 1 saturated heterocycles. The van der Waals surface area contributed by atoms with Crippen LogP contribution in [0.15, 0.2) is 11.2 Å². The Morgan fingerprint density at radius 1 is 1.38 bits per heavy atom. The van der Waals surface area contributed by atoms with E-state index in [1.165, 1.54) is 23.9 Å². The summed E-state index contributed by atoms with van der Waals surface area (Å²) in [5.74, 6) is 3.37. The maximum atomic E-state index is 5.99. The summed E-state index contributed by atoms with van der Waals surface area (Å²) in [6.45, 7) is 2.11. The van der Waals surface area contributed by atoms with Gasteiger partial charge in [0.2, 0.25) is 0 Å². The van der Waals surface area contributed by atoms with Gasteiger partial charge < -0.3 is 4.90 Å². The predicted octanol–water partition coefficient (Wildman–Crippen LogP) is 2.80. The van der Waals surface area contributed by atoms with Gasteiger partial charge in [0.25, 0.3) is 0 Å². The van der Waals surface area contributed by atoms with Crippen LogP contribution in [0.5, 0.6) is 0 Å². The molecule has 1 aromatic heterocycles. The van der Waals surface area contributed by atoms with Gasteiger partial charge in [0.1, 0.15) is 11.0 Å². The fourth-order valence-corrected chi connectivity index (χ4v) is 3.10. The first-order valence-electron chi connectivity index (χ1n) is 5.21. The Morgan fingerprint density at radius 3 is 3.06 bits per heavy atom. The van der Waals surface area contributed by atoms with Crippen molar-refractivity contribution in [3.63, 3.8) is 0 Å². The van der Waals surface area contributed by atoms with Crippen LogP contribution in [0.25, 0.3) is 0 Å². The molecule has 0 bridgehead atoms. The van der Waals surface area contributed by atoms with Gasteiger partial charge in [-0.15, -0.1) is 0 Å². The van der Waals surface area contributed by atoms with Crippen molar-refractivity contribution in [3.8, 4) is 0 Å². The lowest BCUT2D eigenvalue weighted by Crippen LogP contribution is -2.26. The van der Waals surface area contributed by atoms with Crippen LogP contribution < -0.4 is 4.90 Å². The molecule has 0 spiro atoms. The van der Waals surface area contributed by atoms with Crippen molar-refractivity contribution < 1.29 is 0 Å². The standard InChI is InChI=1S/C10H14ClN3S2/c1-15-10-12-8(11)7-9(13-10)14-3-2-5-16-6-4-14/h7H,2-6H2,1H3. The van der Waals surface area contributed by atoms with Gasteiger partial charge in [-0.25, -0.2) is 9.97 Å². The van der Waals surface area contributed by atoms with E-state index in [4.69, 9.17) is 11.6 Å². The zero-order chi connectivity index (χ0) is 11.4. The van der Waals surface area contributed by atoms with E-state index in [0.29, 0.717) is 5.15 Å². The van der Waals surface area contributed by atoms with Crippen LogP contribution in [0.3, 0.4) is 0 Å². The highest BCUT2D eigenvalue weighted by atomic mass is 35.5. The monoisotopic (exact) mass is 275 g/mol. The number of aromatic nitrogens is 2. The number of rotatable bonds is 2. The Kier molecular flexibility index (Phi) is 4.61. The molecule has 1 aromatic rings. The number of halogens is 1. The highest BCUT2D eigenvalue weighted by molar-refractivity contribution is 7.99. The van der Waals surface area contributed by atoms with Crippen molar-refractivity contribution in [2.75, 3.05) is 35.8 Å². The molecule has 0 radical (unpaired) electrons. The van der Waals surface area contributed by atoms with E-state index in [1.807, 2.05) is 24.1 Å². The first kappa shape index (κ1) is 12.3. The van der Waals surface area contributed by atoms with E-state index >= 15 is 0 Å². The minimum Gasteiger partial charge on any atom is -0.356 e. The molecule has 0 aromatic carbocycles. The van der Waals surface area contributed by atoms with Crippen LogP contribution in [-0.2, 0) is 0 Å².